The van der Waals surface area contributed by atoms with Gasteiger partial charge in [0.2, 0.25) is 0 Å². The SMILES string of the molecule is Cc1cc(SC(CC2=CC=C(c3ccc(F)cc3)CC2)CC(C)NC(S)c2ccc(C(F)(F)F)cc2)ccc1OCC(=O)O. The zero-order valence-corrected chi connectivity index (χ0v) is 26.1. The number of hydrogen-bond donors (Lipinski definition) is 3. The summed E-state index contributed by atoms with van der Waals surface area (Å²) in [6.07, 6.45) is 3.15. The normalized spacial score (nSPS) is 15.6. The summed E-state index contributed by atoms with van der Waals surface area (Å²) in [5.41, 5.74) is 4.26. The Morgan fingerprint density at radius 1 is 1.05 bits per heavy atom. The highest BCUT2D eigenvalue weighted by Crippen LogP contribution is 2.37. The number of alkyl halides is 3. The van der Waals surface area contributed by atoms with Gasteiger partial charge in [-0.25, -0.2) is 9.18 Å². The predicted molar refractivity (Wildman–Crippen MR) is 171 cm³/mol. The zero-order valence-electron chi connectivity index (χ0n) is 24.4. The number of carboxylic acids is 1. The van der Waals surface area contributed by atoms with Gasteiger partial charge < -0.3 is 9.84 Å². The van der Waals surface area contributed by atoms with Gasteiger partial charge >= 0.3 is 12.1 Å². The summed E-state index contributed by atoms with van der Waals surface area (Å²) in [6.45, 7) is 3.50. The van der Waals surface area contributed by atoms with Crippen LogP contribution in [0.4, 0.5) is 17.6 Å². The van der Waals surface area contributed by atoms with E-state index in [1.807, 2.05) is 26.0 Å². The highest BCUT2D eigenvalue weighted by molar-refractivity contribution is 8.00. The molecule has 4 rings (SSSR count). The van der Waals surface area contributed by atoms with Crippen molar-refractivity contribution in [2.45, 2.75) is 67.3 Å². The summed E-state index contributed by atoms with van der Waals surface area (Å²) in [5, 5.41) is 12.1. The van der Waals surface area contributed by atoms with Gasteiger partial charge in [-0.2, -0.15) is 25.8 Å². The number of rotatable bonds is 13. The van der Waals surface area contributed by atoms with Gasteiger partial charge in [0.15, 0.2) is 6.61 Å². The van der Waals surface area contributed by atoms with Crippen LogP contribution in [0.1, 0.15) is 60.2 Å². The van der Waals surface area contributed by atoms with Gasteiger partial charge in [0, 0.05) is 16.2 Å². The summed E-state index contributed by atoms with van der Waals surface area (Å²) >= 11 is 6.35. The third-order valence-electron chi connectivity index (χ3n) is 7.35. The Hall–Kier alpha value is -3.21. The second-order valence-corrected chi connectivity index (χ2v) is 12.8. The number of allylic oxidation sites excluding steroid dienone is 4. The van der Waals surface area contributed by atoms with Crippen LogP contribution < -0.4 is 10.1 Å². The summed E-state index contributed by atoms with van der Waals surface area (Å²) in [6, 6.07) is 17.2. The number of aliphatic carboxylic acids is 1. The highest BCUT2D eigenvalue weighted by Gasteiger charge is 2.30. The van der Waals surface area contributed by atoms with E-state index >= 15 is 0 Å². The largest absolute Gasteiger partial charge is 0.482 e. The number of carbonyl (C=O) groups is 1. The molecule has 44 heavy (non-hydrogen) atoms. The quantitative estimate of drug-likeness (QED) is 0.0749. The van der Waals surface area contributed by atoms with Crippen LogP contribution in [-0.4, -0.2) is 29.0 Å². The summed E-state index contributed by atoms with van der Waals surface area (Å²) < 4.78 is 57.8. The first-order valence-corrected chi connectivity index (χ1v) is 15.6. The van der Waals surface area contributed by atoms with Crippen molar-refractivity contribution in [3.63, 3.8) is 0 Å². The van der Waals surface area contributed by atoms with Crippen LogP contribution in [0.5, 0.6) is 5.75 Å². The van der Waals surface area contributed by atoms with Gasteiger partial charge in [-0.05, 0) is 104 Å². The number of nitrogens with one attached hydrogen (secondary N) is 1. The van der Waals surface area contributed by atoms with Crippen LogP contribution in [0.25, 0.3) is 5.57 Å². The van der Waals surface area contributed by atoms with Gasteiger partial charge in [0.25, 0.3) is 0 Å². The van der Waals surface area contributed by atoms with Gasteiger partial charge in [-0.3, -0.25) is 5.32 Å². The number of aryl methyl sites for hydroxylation is 1. The molecule has 234 valence electrons. The molecule has 0 saturated heterocycles. The predicted octanol–water partition coefficient (Wildman–Crippen LogP) is 9.27. The fourth-order valence-corrected chi connectivity index (χ4v) is 6.98. The standard InChI is InChI=1S/C34H35F4NO3S2/c1-21-17-29(15-16-31(21)42-20-32(40)41)44-30(19-23-3-5-24(6-4-23)25-9-13-28(35)14-10-25)18-22(2)39-33(43)26-7-11-27(12-8-26)34(36,37)38/h3,5,7-17,22,30,33,39,43H,4,6,18-20H2,1-2H3,(H,40,41). The number of thioether (sulfide) groups is 1. The van der Waals surface area contributed by atoms with Crippen molar-refractivity contribution in [2.24, 2.45) is 0 Å². The molecule has 0 heterocycles. The molecule has 0 fully saturated rings. The van der Waals surface area contributed by atoms with Crippen molar-refractivity contribution in [2.75, 3.05) is 6.61 Å². The highest BCUT2D eigenvalue weighted by atomic mass is 32.2. The number of carboxylic acid groups (broad SMARTS) is 1. The molecule has 0 amide bonds. The van der Waals surface area contributed by atoms with E-state index in [9.17, 15) is 22.4 Å². The van der Waals surface area contributed by atoms with E-state index in [-0.39, 0.29) is 17.1 Å². The first-order valence-electron chi connectivity index (χ1n) is 14.2. The van der Waals surface area contributed by atoms with Gasteiger partial charge in [0.05, 0.1) is 10.9 Å². The number of thiol groups is 1. The fraction of sp³-hybridized carbons (Fsp3) is 0.324. The molecule has 1 aliphatic carbocycles. The van der Waals surface area contributed by atoms with Crippen molar-refractivity contribution < 1.29 is 32.2 Å². The Morgan fingerprint density at radius 2 is 1.75 bits per heavy atom. The lowest BCUT2D eigenvalue weighted by Crippen LogP contribution is -2.31. The van der Waals surface area contributed by atoms with Gasteiger partial charge in [0.1, 0.15) is 11.6 Å². The number of benzene rings is 3. The maximum absolute atomic E-state index is 13.4. The van der Waals surface area contributed by atoms with E-state index in [1.54, 1.807) is 30.0 Å². The molecule has 0 saturated carbocycles. The molecule has 3 atom stereocenters. The third-order valence-corrected chi connectivity index (χ3v) is 9.02. The summed E-state index contributed by atoms with van der Waals surface area (Å²) in [7, 11) is 0. The minimum atomic E-state index is -4.39. The topological polar surface area (TPSA) is 58.6 Å². The van der Waals surface area contributed by atoms with Crippen LogP contribution in [0.2, 0.25) is 0 Å². The van der Waals surface area contributed by atoms with Crippen molar-refractivity contribution in [1.82, 2.24) is 5.32 Å². The van der Waals surface area contributed by atoms with Crippen LogP contribution in [0.15, 0.2) is 89.4 Å². The molecule has 1 aliphatic rings. The maximum atomic E-state index is 13.4. The average Bonchev–Trinajstić information content (AvgIpc) is 2.97. The van der Waals surface area contributed by atoms with Crippen LogP contribution in [0.3, 0.4) is 0 Å². The van der Waals surface area contributed by atoms with Crippen LogP contribution in [0, 0.1) is 12.7 Å². The Morgan fingerprint density at radius 3 is 2.34 bits per heavy atom. The van der Waals surface area contributed by atoms with E-state index in [1.165, 1.54) is 29.8 Å². The second-order valence-electron chi connectivity index (χ2n) is 10.9. The first-order chi connectivity index (χ1) is 20.9. The Bertz CT molecular complexity index is 1490. The Balaban J connectivity index is 1.47. The lowest BCUT2D eigenvalue weighted by atomic mass is 9.90. The molecular weight excluding hydrogens is 611 g/mol. The number of hydrogen-bond acceptors (Lipinski definition) is 5. The van der Waals surface area contributed by atoms with Gasteiger partial charge in [-0.1, -0.05) is 42.0 Å². The monoisotopic (exact) mass is 645 g/mol. The molecule has 4 nitrogen and oxygen atoms in total. The minimum absolute atomic E-state index is 0.00827. The molecule has 2 N–H and O–H groups in total. The van der Waals surface area contributed by atoms with Crippen molar-refractivity contribution >= 4 is 35.9 Å². The fourth-order valence-electron chi connectivity index (χ4n) is 5.09. The third kappa shape index (κ3) is 9.90. The molecular formula is C34H35F4NO3S2. The van der Waals surface area contributed by atoms with Crippen LogP contribution >= 0.6 is 24.4 Å². The van der Waals surface area contributed by atoms with E-state index in [0.717, 1.165) is 59.4 Å². The number of ether oxygens (including phenoxy) is 1. The van der Waals surface area contributed by atoms with E-state index in [4.69, 9.17) is 9.84 Å². The second kappa shape index (κ2) is 15.2. The minimum Gasteiger partial charge on any atom is -0.482 e. The number of halogens is 4. The molecule has 0 aliphatic heterocycles. The van der Waals surface area contributed by atoms with E-state index < -0.39 is 29.7 Å². The molecule has 0 spiro atoms. The molecule has 10 heteroatoms. The summed E-state index contributed by atoms with van der Waals surface area (Å²) in [4.78, 5) is 11.9. The molecule has 0 bridgehead atoms. The molecule has 3 aromatic carbocycles. The van der Waals surface area contributed by atoms with Crippen molar-refractivity contribution in [3.8, 4) is 5.75 Å². The Labute approximate surface area is 265 Å². The van der Waals surface area contributed by atoms with Crippen molar-refractivity contribution in [3.05, 3.63) is 113 Å². The molecule has 0 radical (unpaired) electrons. The average molecular weight is 646 g/mol. The molecule has 3 unspecified atom stereocenters. The zero-order chi connectivity index (χ0) is 31.9. The first kappa shape index (κ1) is 33.7. The molecule has 3 aromatic rings. The van der Waals surface area contributed by atoms with E-state index in [2.05, 4.69) is 30.1 Å². The maximum Gasteiger partial charge on any atom is 0.416 e. The Kier molecular flexibility index (Phi) is 11.6. The molecule has 0 aromatic heterocycles. The van der Waals surface area contributed by atoms with E-state index in [0.29, 0.717) is 11.3 Å². The van der Waals surface area contributed by atoms with Crippen LogP contribution in [-0.2, 0) is 11.0 Å². The smallest absolute Gasteiger partial charge is 0.416 e. The lowest BCUT2D eigenvalue weighted by molar-refractivity contribution is -0.139. The van der Waals surface area contributed by atoms with Gasteiger partial charge in [-0.15, -0.1) is 11.8 Å². The van der Waals surface area contributed by atoms with Crippen molar-refractivity contribution in [1.29, 1.82) is 0 Å². The summed E-state index contributed by atoms with van der Waals surface area (Å²) in [5.74, 6) is -0.783. The lowest BCUT2D eigenvalue weighted by Gasteiger charge is -2.26.